The maximum atomic E-state index is 6.08. The van der Waals surface area contributed by atoms with Crippen LogP contribution in [0.3, 0.4) is 0 Å². The van der Waals surface area contributed by atoms with Crippen molar-refractivity contribution in [2.75, 3.05) is 19.8 Å². The fourth-order valence-electron chi connectivity index (χ4n) is 3.23. The highest BCUT2D eigenvalue weighted by Crippen LogP contribution is 2.43. The Kier molecular flexibility index (Phi) is 4.27. The zero-order valence-corrected chi connectivity index (χ0v) is 12.5. The van der Waals surface area contributed by atoms with E-state index >= 15 is 0 Å². The fraction of sp³-hybridized carbons (Fsp3) is 0.647. The van der Waals surface area contributed by atoms with E-state index < -0.39 is 0 Å². The summed E-state index contributed by atoms with van der Waals surface area (Å²) in [5, 5.41) is 3.63. The number of ether oxygens (including phenoxy) is 2. The minimum absolute atomic E-state index is 0.250. The van der Waals surface area contributed by atoms with Crippen LogP contribution >= 0.6 is 0 Å². The molecule has 2 unspecified atom stereocenters. The minimum atomic E-state index is 0.250. The van der Waals surface area contributed by atoms with Gasteiger partial charge in [0.1, 0.15) is 5.75 Å². The van der Waals surface area contributed by atoms with Crippen LogP contribution in [0.1, 0.15) is 43.9 Å². The van der Waals surface area contributed by atoms with Crippen molar-refractivity contribution in [2.24, 2.45) is 5.92 Å². The summed E-state index contributed by atoms with van der Waals surface area (Å²) in [5.41, 5.74) is 2.63. The Hall–Kier alpha value is -1.06. The summed E-state index contributed by atoms with van der Waals surface area (Å²) in [5.74, 6) is 1.81. The molecule has 0 radical (unpaired) electrons. The molecule has 1 N–H and O–H groups in total. The lowest BCUT2D eigenvalue weighted by molar-refractivity contribution is 0.0184. The molecular weight excluding hydrogens is 250 g/mol. The molecule has 110 valence electrons. The van der Waals surface area contributed by atoms with E-state index in [4.69, 9.17) is 9.47 Å². The van der Waals surface area contributed by atoms with Gasteiger partial charge in [-0.15, -0.1) is 0 Å². The molecule has 1 aliphatic heterocycles. The lowest BCUT2D eigenvalue weighted by atomic mass is 9.95. The molecule has 1 aliphatic carbocycles. The number of para-hydroxylation sites is 1. The summed E-state index contributed by atoms with van der Waals surface area (Å²) < 4.78 is 12.0. The van der Waals surface area contributed by atoms with Crippen LogP contribution < -0.4 is 10.1 Å². The Balaban J connectivity index is 1.91. The van der Waals surface area contributed by atoms with Gasteiger partial charge in [-0.3, -0.25) is 0 Å². The summed E-state index contributed by atoms with van der Waals surface area (Å²) in [6.45, 7) is 6.79. The summed E-state index contributed by atoms with van der Waals surface area (Å²) in [6.07, 6.45) is 3.89. The van der Waals surface area contributed by atoms with Crippen molar-refractivity contribution < 1.29 is 9.47 Å². The van der Waals surface area contributed by atoms with E-state index in [0.29, 0.717) is 5.92 Å². The second-order valence-corrected chi connectivity index (χ2v) is 5.73. The van der Waals surface area contributed by atoms with E-state index in [1.807, 2.05) is 0 Å². The molecule has 2 atom stereocenters. The molecule has 1 fully saturated rings. The predicted octanol–water partition coefficient (Wildman–Crippen LogP) is 3.09. The van der Waals surface area contributed by atoms with Gasteiger partial charge in [-0.05, 0) is 37.8 Å². The van der Waals surface area contributed by atoms with Crippen LogP contribution in [0.2, 0.25) is 0 Å². The van der Waals surface area contributed by atoms with E-state index in [-0.39, 0.29) is 12.1 Å². The Labute approximate surface area is 121 Å². The van der Waals surface area contributed by atoms with Gasteiger partial charge in [-0.1, -0.05) is 25.1 Å². The first-order valence-corrected chi connectivity index (χ1v) is 7.94. The third kappa shape index (κ3) is 2.70. The highest BCUT2D eigenvalue weighted by molar-refractivity contribution is 5.46. The Morgan fingerprint density at radius 3 is 2.90 bits per heavy atom. The Morgan fingerprint density at radius 2 is 2.20 bits per heavy atom. The molecule has 20 heavy (non-hydrogen) atoms. The van der Waals surface area contributed by atoms with Crippen LogP contribution in [-0.4, -0.2) is 25.9 Å². The summed E-state index contributed by atoms with van der Waals surface area (Å²) in [4.78, 5) is 0. The number of benzene rings is 1. The van der Waals surface area contributed by atoms with E-state index in [9.17, 15) is 0 Å². The lowest BCUT2D eigenvalue weighted by Gasteiger charge is -2.29. The normalized spacial score (nSPS) is 20.3. The molecule has 0 saturated heterocycles. The van der Waals surface area contributed by atoms with Crippen molar-refractivity contribution in [1.29, 1.82) is 0 Å². The molecule has 1 aromatic rings. The van der Waals surface area contributed by atoms with Gasteiger partial charge in [0.2, 0.25) is 0 Å². The third-order valence-corrected chi connectivity index (χ3v) is 4.28. The molecule has 3 nitrogen and oxygen atoms in total. The van der Waals surface area contributed by atoms with E-state index in [2.05, 4.69) is 37.4 Å². The Bertz CT molecular complexity index is 456. The van der Waals surface area contributed by atoms with Gasteiger partial charge in [-0.25, -0.2) is 0 Å². The van der Waals surface area contributed by atoms with Crippen molar-refractivity contribution in [3.8, 4) is 5.75 Å². The van der Waals surface area contributed by atoms with Crippen molar-refractivity contribution in [3.63, 3.8) is 0 Å². The topological polar surface area (TPSA) is 30.5 Å². The van der Waals surface area contributed by atoms with Gasteiger partial charge in [0.25, 0.3) is 0 Å². The van der Waals surface area contributed by atoms with Gasteiger partial charge in [0, 0.05) is 18.6 Å². The van der Waals surface area contributed by atoms with Crippen LogP contribution in [0.25, 0.3) is 0 Å². The molecule has 1 heterocycles. The second kappa shape index (κ2) is 6.15. The molecule has 1 aromatic carbocycles. The van der Waals surface area contributed by atoms with E-state index in [1.54, 1.807) is 0 Å². The highest BCUT2D eigenvalue weighted by Gasteiger charge is 2.39. The van der Waals surface area contributed by atoms with Gasteiger partial charge >= 0.3 is 0 Å². The molecule has 3 heteroatoms. The standard InChI is InChI=1S/C17H25NO2/c1-3-18-15(17(19-4-2)13-8-9-13)14-7-5-6-12-10-11-20-16(12)14/h5-7,13,15,17-18H,3-4,8-11H2,1-2H3. The zero-order chi connectivity index (χ0) is 13.9. The molecule has 0 amide bonds. The van der Waals surface area contributed by atoms with Gasteiger partial charge in [0.15, 0.2) is 0 Å². The van der Waals surface area contributed by atoms with Gasteiger partial charge in [-0.2, -0.15) is 0 Å². The predicted molar refractivity (Wildman–Crippen MR) is 80.2 cm³/mol. The zero-order valence-electron chi connectivity index (χ0n) is 12.5. The molecule has 0 bridgehead atoms. The number of rotatable bonds is 7. The number of nitrogens with one attached hydrogen (secondary N) is 1. The van der Waals surface area contributed by atoms with Crippen LogP contribution in [0, 0.1) is 5.92 Å². The minimum Gasteiger partial charge on any atom is -0.493 e. The summed E-state index contributed by atoms with van der Waals surface area (Å²) in [6, 6.07) is 6.79. The first-order chi connectivity index (χ1) is 9.85. The average molecular weight is 275 g/mol. The monoisotopic (exact) mass is 275 g/mol. The maximum absolute atomic E-state index is 6.08. The molecule has 0 aromatic heterocycles. The number of hydrogen-bond acceptors (Lipinski definition) is 3. The quantitative estimate of drug-likeness (QED) is 0.829. The number of likely N-dealkylation sites (N-methyl/N-ethyl adjacent to an activating group) is 1. The van der Waals surface area contributed by atoms with Crippen LogP contribution in [-0.2, 0) is 11.2 Å². The van der Waals surface area contributed by atoms with E-state index in [0.717, 1.165) is 31.9 Å². The third-order valence-electron chi connectivity index (χ3n) is 4.28. The number of fused-ring (bicyclic) bond motifs is 1. The van der Waals surface area contributed by atoms with Crippen LogP contribution in [0.15, 0.2) is 18.2 Å². The molecular formula is C17H25NO2. The van der Waals surface area contributed by atoms with Crippen molar-refractivity contribution >= 4 is 0 Å². The molecule has 2 aliphatic rings. The van der Waals surface area contributed by atoms with Gasteiger partial charge < -0.3 is 14.8 Å². The maximum Gasteiger partial charge on any atom is 0.127 e. The largest absolute Gasteiger partial charge is 0.493 e. The van der Waals surface area contributed by atoms with Crippen molar-refractivity contribution in [3.05, 3.63) is 29.3 Å². The smallest absolute Gasteiger partial charge is 0.127 e. The van der Waals surface area contributed by atoms with Gasteiger partial charge in [0.05, 0.1) is 18.8 Å². The van der Waals surface area contributed by atoms with Crippen LogP contribution in [0.5, 0.6) is 5.75 Å². The molecule has 0 spiro atoms. The Morgan fingerprint density at radius 1 is 1.35 bits per heavy atom. The summed E-state index contributed by atoms with van der Waals surface area (Å²) in [7, 11) is 0. The average Bonchev–Trinajstić information content (AvgIpc) is 3.19. The van der Waals surface area contributed by atoms with Crippen LogP contribution in [0.4, 0.5) is 0 Å². The first kappa shape index (κ1) is 13.9. The molecule has 1 saturated carbocycles. The summed E-state index contributed by atoms with van der Waals surface area (Å²) >= 11 is 0. The van der Waals surface area contributed by atoms with Crippen molar-refractivity contribution in [2.45, 2.75) is 45.3 Å². The first-order valence-electron chi connectivity index (χ1n) is 7.94. The van der Waals surface area contributed by atoms with Crippen molar-refractivity contribution in [1.82, 2.24) is 5.32 Å². The van der Waals surface area contributed by atoms with E-state index in [1.165, 1.54) is 24.0 Å². The second-order valence-electron chi connectivity index (χ2n) is 5.73. The molecule has 3 rings (SSSR count). The SMILES string of the molecule is CCNC(c1cccc2c1OCC2)C(OCC)C1CC1. The number of hydrogen-bond donors (Lipinski definition) is 1. The fourth-order valence-corrected chi connectivity index (χ4v) is 3.23. The lowest BCUT2D eigenvalue weighted by Crippen LogP contribution is -2.35. The highest BCUT2D eigenvalue weighted by atomic mass is 16.5.